The lowest BCUT2D eigenvalue weighted by Gasteiger charge is -2.22. The van der Waals surface area contributed by atoms with Crippen LogP contribution in [0.25, 0.3) is 0 Å². The third kappa shape index (κ3) is 2.99. The van der Waals surface area contributed by atoms with E-state index >= 15 is 0 Å². The molecule has 0 atom stereocenters. The number of anilines is 1. The zero-order chi connectivity index (χ0) is 14.8. The molecule has 0 saturated heterocycles. The molecule has 2 aromatic rings. The number of carbonyl (C=O) groups is 1. The lowest BCUT2D eigenvalue weighted by molar-refractivity contribution is 0.0980. The van der Waals surface area contributed by atoms with Crippen LogP contribution in [0.4, 0.5) is 5.69 Å². The van der Waals surface area contributed by atoms with E-state index in [9.17, 15) is 4.79 Å². The molecule has 1 N–H and O–H groups in total. The molecule has 0 bridgehead atoms. The Balaban J connectivity index is 1.91. The number of hydrogen-bond donors (Lipinski definition) is 1. The molecule has 1 saturated carbocycles. The van der Waals surface area contributed by atoms with Gasteiger partial charge in [0.05, 0.1) is 6.33 Å². The van der Waals surface area contributed by atoms with Gasteiger partial charge in [-0.15, -0.1) is 0 Å². The summed E-state index contributed by atoms with van der Waals surface area (Å²) < 4.78 is 0. The van der Waals surface area contributed by atoms with Gasteiger partial charge in [-0.2, -0.15) is 0 Å². The second-order valence-corrected chi connectivity index (χ2v) is 5.78. The zero-order valence-corrected chi connectivity index (χ0v) is 12.6. The van der Waals surface area contributed by atoms with Crippen molar-refractivity contribution in [2.24, 2.45) is 5.92 Å². The third-order valence-electron chi connectivity index (χ3n) is 4.00. The average Bonchev–Trinajstić information content (AvgIpc) is 3.19. The van der Waals surface area contributed by atoms with Crippen LogP contribution < -0.4 is 4.90 Å². The monoisotopic (exact) mass is 283 g/mol. The number of benzene rings is 1. The van der Waals surface area contributed by atoms with Gasteiger partial charge in [0.1, 0.15) is 5.69 Å². The van der Waals surface area contributed by atoms with Crippen LogP contribution in [0.1, 0.15) is 41.5 Å². The smallest absolute Gasteiger partial charge is 0.278 e. The molecule has 1 amide bonds. The molecule has 0 radical (unpaired) electrons. The highest BCUT2D eigenvalue weighted by atomic mass is 16.2. The molecule has 0 unspecified atom stereocenters. The van der Waals surface area contributed by atoms with Crippen molar-refractivity contribution in [2.45, 2.75) is 33.1 Å². The number of nitrogens with zero attached hydrogens (tertiary/aromatic N) is 2. The van der Waals surface area contributed by atoms with E-state index in [0.717, 1.165) is 24.3 Å². The van der Waals surface area contributed by atoms with E-state index in [2.05, 4.69) is 16.9 Å². The molecule has 0 spiro atoms. The summed E-state index contributed by atoms with van der Waals surface area (Å²) in [7, 11) is 0. The molecule has 21 heavy (non-hydrogen) atoms. The van der Waals surface area contributed by atoms with Gasteiger partial charge in [-0.1, -0.05) is 24.6 Å². The fourth-order valence-electron chi connectivity index (χ4n) is 2.49. The minimum atomic E-state index is 0.00357. The van der Waals surface area contributed by atoms with Gasteiger partial charge in [-0.25, -0.2) is 4.98 Å². The minimum absolute atomic E-state index is 0.00357. The van der Waals surface area contributed by atoms with E-state index in [1.54, 1.807) is 6.33 Å². The topological polar surface area (TPSA) is 49.0 Å². The van der Waals surface area contributed by atoms with Crippen LogP contribution in [-0.2, 0) is 6.42 Å². The lowest BCUT2D eigenvalue weighted by Crippen LogP contribution is -2.33. The van der Waals surface area contributed by atoms with E-state index in [1.807, 2.05) is 36.1 Å². The van der Waals surface area contributed by atoms with Crippen molar-refractivity contribution in [1.82, 2.24) is 9.97 Å². The zero-order valence-electron chi connectivity index (χ0n) is 12.6. The van der Waals surface area contributed by atoms with Crippen LogP contribution in [0.15, 0.2) is 30.6 Å². The number of imidazole rings is 1. The van der Waals surface area contributed by atoms with Crippen LogP contribution in [-0.4, -0.2) is 22.4 Å². The Morgan fingerprint density at radius 2 is 2.05 bits per heavy atom. The number of hydrogen-bond acceptors (Lipinski definition) is 2. The van der Waals surface area contributed by atoms with Crippen LogP contribution in [0.2, 0.25) is 0 Å². The Morgan fingerprint density at radius 3 is 2.67 bits per heavy atom. The van der Waals surface area contributed by atoms with Gasteiger partial charge in [-0.05, 0) is 44.2 Å². The van der Waals surface area contributed by atoms with Gasteiger partial charge in [0, 0.05) is 17.9 Å². The molecule has 1 heterocycles. The maximum atomic E-state index is 12.9. The Labute approximate surface area is 125 Å². The number of aryl methyl sites for hydroxylation is 2. The van der Waals surface area contributed by atoms with Gasteiger partial charge in [0.15, 0.2) is 0 Å². The third-order valence-corrected chi connectivity index (χ3v) is 4.00. The van der Waals surface area contributed by atoms with E-state index in [1.165, 1.54) is 18.4 Å². The highest BCUT2D eigenvalue weighted by Gasteiger charge is 2.29. The van der Waals surface area contributed by atoms with Crippen molar-refractivity contribution in [1.29, 1.82) is 0 Å². The second kappa shape index (κ2) is 5.72. The molecule has 1 aliphatic carbocycles. The van der Waals surface area contributed by atoms with Crippen LogP contribution >= 0.6 is 0 Å². The fraction of sp³-hybridized carbons (Fsp3) is 0.412. The average molecular weight is 283 g/mol. The van der Waals surface area contributed by atoms with Gasteiger partial charge in [0.25, 0.3) is 5.91 Å². The summed E-state index contributed by atoms with van der Waals surface area (Å²) in [6.45, 7) is 4.87. The van der Waals surface area contributed by atoms with Crippen LogP contribution in [0.3, 0.4) is 0 Å². The highest BCUT2D eigenvalue weighted by molar-refractivity contribution is 6.05. The van der Waals surface area contributed by atoms with E-state index < -0.39 is 0 Å². The molecule has 4 heteroatoms. The molecule has 4 nitrogen and oxygen atoms in total. The van der Waals surface area contributed by atoms with Crippen molar-refractivity contribution in [3.05, 3.63) is 47.5 Å². The number of amides is 1. The first-order valence-corrected chi connectivity index (χ1v) is 7.59. The SMILES string of the molecule is CCc1[nH]cnc1C(=O)N(CC1CC1)c1ccc(C)cc1. The summed E-state index contributed by atoms with van der Waals surface area (Å²) in [6, 6.07) is 8.14. The Morgan fingerprint density at radius 1 is 1.33 bits per heavy atom. The van der Waals surface area contributed by atoms with E-state index in [4.69, 9.17) is 0 Å². The second-order valence-electron chi connectivity index (χ2n) is 5.78. The molecule has 1 aliphatic rings. The number of rotatable bonds is 5. The van der Waals surface area contributed by atoms with Crippen LogP contribution in [0, 0.1) is 12.8 Å². The van der Waals surface area contributed by atoms with E-state index in [0.29, 0.717) is 11.6 Å². The summed E-state index contributed by atoms with van der Waals surface area (Å²) in [5.41, 5.74) is 3.63. The first-order chi connectivity index (χ1) is 10.2. The number of nitrogens with one attached hydrogen (secondary N) is 1. The largest absolute Gasteiger partial charge is 0.348 e. The quantitative estimate of drug-likeness (QED) is 0.915. The summed E-state index contributed by atoms with van der Waals surface area (Å²) in [4.78, 5) is 22.1. The van der Waals surface area contributed by atoms with Gasteiger partial charge in [0.2, 0.25) is 0 Å². The fourth-order valence-corrected chi connectivity index (χ4v) is 2.49. The van der Waals surface area contributed by atoms with Crippen molar-refractivity contribution in [2.75, 3.05) is 11.4 Å². The molecule has 1 fully saturated rings. The maximum Gasteiger partial charge on any atom is 0.278 e. The molecule has 1 aromatic heterocycles. The summed E-state index contributed by atoms with van der Waals surface area (Å²) in [5.74, 6) is 0.642. The number of aromatic amines is 1. The number of aromatic nitrogens is 2. The van der Waals surface area contributed by atoms with Crippen molar-refractivity contribution >= 4 is 11.6 Å². The predicted octanol–water partition coefficient (Wildman–Crippen LogP) is 3.34. The Hall–Kier alpha value is -2.10. The maximum absolute atomic E-state index is 12.9. The lowest BCUT2D eigenvalue weighted by atomic mass is 10.1. The Kier molecular flexibility index (Phi) is 3.78. The van der Waals surface area contributed by atoms with Crippen LogP contribution in [0.5, 0.6) is 0 Å². The molecular formula is C17H21N3O. The van der Waals surface area contributed by atoms with Gasteiger partial charge in [-0.3, -0.25) is 4.79 Å². The van der Waals surface area contributed by atoms with Crippen molar-refractivity contribution < 1.29 is 4.79 Å². The number of H-pyrrole nitrogens is 1. The van der Waals surface area contributed by atoms with Gasteiger partial charge < -0.3 is 9.88 Å². The first kappa shape index (κ1) is 13.9. The molecule has 110 valence electrons. The summed E-state index contributed by atoms with van der Waals surface area (Å²) >= 11 is 0. The molecular weight excluding hydrogens is 262 g/mol. The normalized spacial score (nSPS) is 14.2. The van der Waals surface area contributed by atoms with Crippen molar-refractivity contribution in [3.63, 3.8) is 0 Å². The minimum Gasteiger partial charge on any atom is -0.348 e. The summed E-state index contributed by atoms with van der Waals surface area (Å²) in [6.07, 6.45) is 4.83. The van der Waals surface area contributed by atoms with Crippen molar-refractivity contribution in [3.8, 4) is 0 Å². The predicted molar refractivity (Wildman–Crippen MR) is 83.5 cm³/mol. The summed E-state index contributed by atoms with van der Waals surface area (Å²) in [5, 5.41) is 0. The van der Waals surface area contributed by atoms with Gasteiger partial charge >= 0.3 is 0 Å². The first-order valence-electron chi connectivity index (χ1n) is 7.59. The molecule has 3 rings (SSSR count). The standard InChI is InChI=1S/C17H21N3O/c1-3-15-16(19-11-18-15)17(21)20(10-13-6-7-13)14-8-4-12(2)5-9-14/h4-5,8-9,11,13H,3,6-7,10H2,1-2H3,(H,18,19). The highest BCUT2D eigenvalue weighted by Crippen LogP contribution is 2.32. The molecule has 1 aromatic carbocycles. The van der Waals surface area contributed by atoms with E-state index in [-0.39, 0.29) is 5.91 Å². The Bertz CT molecular complexity index is 626. The molecule has 0 aliphatic heterocycles. The number of carbonyl (C=O) groups excluding carboxylic acids is 1.